The van der Waals surface area contributed by atoms with Crippen LogP contribution in [-0.2, 0) is 23.0 Å². The summed E-state index contributed by atoms with van der Waals surface area (Å²) in [5, 5.41) is 14.0. The van der Waals surface area contributed by atoms with E-state index in [9.17, 15) is 18.3 Å². The number of aromatic carboxylic acids is 1. The molecule has 0 atom stereocenters. The van der Waals surface area contributed by atoms with E-state index in [2.05, 4.69) is 9.82 Å². The number of nitrogens with zero attached hydrogens (tertiary/aromatic N) is 3. The van der Waals surface area contributed by atoms with Gasteiger partial charge in [-0.15, -0.1) is 0 Å². The first kappa shape index (κ1) is 24.3. The molecule has 9 heteroatoms. The van der Waals surface area contributed by atoms with Crippen LogP contribution in [0.1, 0.15) is 39.8 Å². The van der Waals surface area contributed by atoms with Gasteiger partial charge in [-0.3, -0.25) is 9.40 Å². The van der Waals surface area contributed by atoms with Gasteiger partial charge in [0.05, 0.1) is 27.5 Å². The zero-order chi connectivity index (χ0) is 24.3. The largest absolute Gasteiger partial charge is 0.478 e. The molecule has 33 heavy (non-hydrogen) atoms. The summed E-state index contributed by atoms with van der Waals surface area (Å²) in [4.78, 5) is 13.6. The monoisotopic (exact) mass is 470 g/mol. The minimum atomic E-state index is -3.91. The van der Waals surface area contributed by atoms with Gasteiger partial charge in [-0.1, -0.05) is 18.2 Å². The van der Waals surface area contributed by atoms with E-state index in [1.54, 1.807) is 31.2 Å². The number of anilines is 2. The molecule has 0 aliphatic carbocycles. The number of hydrogen-bond acceptors (Lipinski definition) is 5. The van der Waals surface area contributed by atoms with E-state index in [-0.39, 0.29) is 16.1 Å². The second kappa shape index (κ2) is 9.66. The normalized spacial score (nSPS) is 11.4. The van der Waals surface area contributed by atoms with Crippen molar-refractivity contribution in [1.82, 2.24) is 9.78 Å². The summed E-state index contributed by atoms with van der Waals surface area (Å²) >= 11 is 0. The Balaban J connectivity index is 1.93. The van der Waals surface area contributed by atoms with Crippen molar-refractivity contribution < 1.29 is 18.3 Å². The summed E-state index contributed by atoms with van der Waals surface area (Å²) in [6.45, 7) is 9.19. The van der Waals surface area contributed by atoms with Crippen LogP contribution in [0.2, 0.25) is 0 Å². The van der Waals surface area contributed by atoms with Crippen LogP contribution in [0.5, 0.6) is 0 Å². The van der Waals surface area contributed by atoms with Crippen molar-refractivity contribution in [2.24, 2.45) is 0 Å². The van der Waals surface area contributed by atoms with E-state index in [0.717, 1.165) is 29.9 Å². The molecule has 0 unspecified atom stereocenters. The summed E-state index contributed by atoms with van der Waals surface area (Å²) in [5.74, 6) is -1.13. The van der Waals surface area contributed by atoms with Crippen LogP contribution >= 0.6 is 0 Å². The van der Waals surface area contributed by atoms with Crippen LogP contribution in [-0.4, -0.2) is 42.9 Å². The molecule has 0 saturated heterocycles. The number of aromatic nitrogens is 2. The van der Waals surface area contributed by atoms with E-state index >= 15 is 0 Å². The average molecular weight is 471 g/mol. The first-order valence-corrected chi connectivity index (χ1v) is 12.2. The molecule has 176 valence electrons. The van der Waals surface area contributed by atoms with Crippen molar-refractivity contribution in [3.05, 3.63) is 70.5 Å². The van der Waals surface area contributed by atoms with Crippen molar-refractivity contribution in [1.29, 1.82) is 0 Å². The Bertz CT molecular complexity index is 1280. The van der Waals surface area contributed by atoms with Crippen molar-refractivity contribution in [2.45, 2.75) is 45.6 Å². The third-order valence-corrected chi connectivity index (χ3v) is 7.34. The fraction of sp³-hybridized carbons (Fsp3) is 0.333. The highest BCUT2D eigenvalue weighted by Gasteiger charge is 2.21. The second-order valence-corrected chi connectivity index (χ2v) is 9.70. The van der Waals surface area contributed by atoms with Gasteiger partial charge >= 0.3 is 5.97 Å². The molecule has 1 aromatic heterocycles. The molecule has 0 aliphatic rings. The Morgan fingerprint density at radius 3 is 2.45 bits per heavy atom. The SMILES string of the molecule is CCn1nc(C)c(CCN(C)c2ccc(C(=O)O)cc2NS(=O)(=O)c2ccccc2C)c1C. The third-order valence-electron chi connectivity index (χ3n) is 5.81. The number of aryl methyl sites for hydroxylation is 3. The first-order chi connectivity index (χ1) is 15.5. The molecule has 3 aromatic rings. The summed E-state index contributed by atoms with van der Waals surface area (Å²) in [5.41, 5.74) is 4.68. The van der Waals surface area contributed by atoms with Gasteiger partial charge in [0.15, 0.2) is 0 Å². The topological polar surface area (TPSA) is 105 Å². The van der Waals surface area contributed by atoms with E-state index in [0.29, 0.717) is 17.8 Å². The smallest absolute Gasteiger partial charge is 0.335 e. The summed E-state index contributed by atoms with van der Waals surface area (Å²) in [6.07, 6.45) is 0.721. The van der Waals surface area contributed by atoms with Crippen molar-refractivity contribution >= 4 is 27.4 Å². The van der Waals surface area contributed by atoms with Gasteiger partial charge in [0.2, 0.25) is 0 Å². The summed E-state index contributed by atoms with van der Waals surface area (Å²) in [6, 6.07) is 11.1. The van der Waals surface area contributed by atoms with Gasteiger partial charge in [-0.25, -0.2) is 13.2 Å². The van der Waals surface area contributed by atoms with E-state index in [1.165, 1.54) is 18.2 Å². The Hall–Kier alpha value is -3.33. The number of nitrogens with one attached hydrogen (secondary N) is 1. The quantitative estimate of drug-likeness (QED) is 0.490. The molecule has 0 radical (unpaired) electrons. The Kier molecular flexibility index (Phi) is 7.12. The van der Waals surface area contributed by atoms with Crippen molar-refractivity contribution in [2.75, 3.05) is 23.2 Å². The molecule has 0 bridgehead atoms. The van der Waals surface area contributed by atoms with Crippen molar-refractivity contribution in [3.8, 4) is 0 Å². The zero-order valence-corrected chi connectivity index (χ0v) is 20.4. The number of sulfonamides is 1. The molecule has 2 N–H and O–H groups in total. The molecule has 1 heterocycles. The Morgan fingerprint density at radius 1 is 1.15 bits per heavy atom. The van der Waals surface area contributed by atoms with Gasteiger partial charge in [0.1, 0.15) is 0 Å². The predicted octanol–water partition coefficient (Wildman–Crippen LogP) is 4.01. The fourth-order valence-electron chi connectivity index (χ4n) is 3.95. The van der Waals surface area contributed by atoms with Gasteiger partial charge in [0.25, 0.3) is 10.0 Å². The van der Waals surface area contributed by atoms with Gasteiger partial charge in [-0.2, -0.15) is 5.10 Å². The van der Waals surface area contributed by atoms with E-state index in [1.807, 2.05) is 37.4 Å². The Labute approximate surface area is 194 Å². The summed E-state index contributed by atoms with van der Waals surface area (Å²) in [7, 11) is -2.05. The molecule has 0 amide bonds. The van der Waals surface area contributed by atoms with Crippen LogP contribution in [0.4, 0.5) is 11.4 Å². The molecule has 8 nitrogen and oxygen atoms in total. The maximum absolute atomic E-state index is 13.1. The van der Waals surface area contributed by atoms with E-state index < -0.39 is 16.0 Å². The molecule has 2 aromatic carbocycles. The Morgan fingerprint density at radius 2 is 1.85 bits per heavy atom. The number of hydrogen-bond donors (Lipinski definition) is 2. The third kappa shape index (κ3) is 5.19. The lowest BCUT2D eigenvalue weighted by molar-refractivity contribution is 0.0697. The molecular formula is C24H30N4O4S. The minimum absolute atomic E-state index is 0.00513. The van der Waals surface area contributed by atoms with Crippen LogP contribution in [0.15, 0.2) is 47.4 Å². The maximum atomic E-state index is 13.1. The van der Waals surface area contributed by atoms with Gasteiger partial charge < -0.3 is 10.0 Å². The van der Waals surface area contributed by atoms with Crippen LogP contribution in [0.3, 0.4) is 0 Å². The van der Waals surface area contributed by atoms with Crippen molar-refractivity contribution in [3.63, 3.8) is 0 Å². The minimum Gasteiger partial charge on any atom is -0.478 e. The highest BCUT2D eigenvalue weighted by Crippen LogP contribution is 2.30. The number of likely N-dealkylation sites (N-methyl/N-ethyl adjacent to an activating group) is 1. The lowest BCUT2D eigenvalue weighted by Crippen LogP contribution is -2.24. The fourth-order valence-corrected chi connectivity index (χ4v) is 5.26. The predicted molar refractivity (Wildman–Crippen MR) is 130 cm³/mol. The first-order valence-electron chi connectivity index (χ1n) is 10.7. The molecular weight excluding hydrogens is 440 g/mol. The average Bonchev–Trinajstić information content (AvgIpc) is 3.04. The van der Waals surface area contributed by atoms with Gasteiger partial charge in [-0.05, 0) is 69.5 Å². The number of rotatable bonds is 9. The highest BCUT2D eigenvalue weighted by molar-refractivity contribution is 7.92. The number of carbonyl (C=O) groups is 1. The maximum Gasteiger partial charge on any atom is 0.335 e. The molecule has 3 rings (SSSR count). The standard InChI is InChI=1S/C24H30N4O4S/c1-6-28-18(4)20(17(3)25-28)13-14-27(5)22-12-11-19(24(29)30)15-21(22)26-33(31,32)23-10-8-7-9-16(23)2/h7-12,15,26H,6,13-14H2,1-5H3,(H,29,30). The molecule has 0 aliphatic heterocycles. The van der Waals surface area contributed by atoms with Gasteiger partial charge in [0, 0.05) is 25.8 Å². The lowest BCUT2D eigenvalue weighted by Gasteiger charge is -2.24. The summed E-state index contributed by atoms with van der Waals surface area (Å²) < 4.78 is 30.8. The second-order valence-electron chi connectivity index (χ2n) is 8.04. The van der Waals surface area contributed by atoms with Crippen LogP contribution in [0, 0.1) is 20.8 Å². The molecule has 0 saturated carbocycles. The van der Waals surface area contributed by atoms with Crippen LogP contribution < -0.4 is 9.62 Å². The lowest BCUT2D eigenvalue weighted by atomic mass is 10.1. The number of carboxylic acids is 1. The molecule has 0 fully saturated rings. The highest BCUT2D eigenvalue weighted by atomic mass is 32.2. The van der Waals surface area contributed by atoms with E-state index in [4.69, 9.17) is 0 Å². The number of carboxylic acid groups (broad SMARTS) is 1. The molecule has 0 spiro atoms. The zero-order valence-electron chi connectivity index (χ0n) is 19.6. The van der Waals surface area contributed by atoms with Crippen LogP contribution in [0.25, 0.3) is 0 Å². The number of benzene rings is 2.